The van der Waals surface area contributed by atoms with Crippen LogP contribution >= 0.6 is 11.8 Å². The quantitative estimate of drug-likeness (QED) is 0.0573. The molecule has 4 saturated carbocycles. The monoisotopic (exact) mass is 794 g/mol. The molecule has 53 heavy (non-hydrogen) atoms. The topological polar surface area (TPSA) is 315 Å². The van der Waals surface area contributed by atoms with Gasteiger partial charge >= 0.3 is 11.9 Å². The van der Waals surface area contributed by atoms with Gasteiger partial charge in [-0.05, 0) is 69.6 Å². The molecule has 1 saturated heterocycles. The van der Waals surface area contributed by atoms with Gasteiger partial charge in [-0.15, -0.1) is 0 Å². The molecule has 19 nitrogen and oxygen atoms in total. The summed E-state index contributed by atoms with van der Waals surface area (Å²) in [4.78, 5) is 75.3. The van der Waals surface area contributed by atoms with Gasteiger partial charge in [0, 0.05) is 23.3 Å². The summed E-state index contributed by atoms with van der Waals surface area (Å²) in [5.41, 5.74) is -0.606. The SMILES string of the molecule is CC(NC(=O)C(CCC(=O)O)NC(=O)C12CC3CC(CC(C3)C1)C2)C(=O)NC(CSCCS(=O)(=O)CC(=O)NC1C(O)O[C@H](CO)[C@H](O)[C@@H]1O)C(=O)O. The largest absolute Gasteiger partial charge is 0.481 e. The molecule has 0 spiro atoms. The van der Waals surface area contributed by atoms with Gasteiger partial charge in [-0.1, -0.05) is 0 Å². The standard InChI is InChI=1S/C32H50N4O15S2/c1-15(33-28(44)19(2-3-23(39)40)35-31(48)32-9-16-6-17(10-32)8-18(7-16)11-32)27(43)34-20(29(45)46)13-52-4-5-53(49,50)14-22(38)36-24-26(42)25(41)21(12-37)51-30(24)47/h15-21,24-26,30,37,41-42,47H,2-14H2,1H3,(H,33,44)(H,34,43)(H,35,48)(H,36,38)(H,39,40)(H,45,46)/t15?,16?,17?,18?,19?,20?,21-,24?,25+,26-,30?,32?/m1/s1. The maximum atomic E-state index is 13.6. The van der Waals surface area contributed by atoms with E-state index >= 15 is 0 Å². The average molecular weight is 795 g/mol. The number of aliphatic hydroxyl groups excluding tert-OH is 4. The van der Waals surface area contributed by atoms with Crippen LogP contribution in [0.25, 0.3) is 0 Å². The lowest BCUT2D eigenvalue weighted by molar-refractivity contribution is -0.253. The van der Waals surface area contributed by atoms with Crippen LogP contribution in [0.15, 0.2) is 0 Å². The van der Waals surface area contributed by atoms with E-state index in [4.69, 9.17) is 9.84 Å². The van der Waals surface area contributed by atoms with E-state index in [1.54, 1.807) is 0 Å². The van der Waals surface area contributed by atoms with Crippen LogP contribution in [0.1, 0.15) is 58.3 Å². The Balaban J connectivity index is 1.23. The normalized spacial score (nSPS) is 32.2. The van der Waals surface area contributed by atoms with Gasteiger partial charge in [-0.3, -0.25) is 24.0 Å². The van der Waals surface area contributed by atoms with Crippen molar-refractivity contribution in [2.75, 3.05) is 29.6 Å². The molecule has 0 aromatic rings. The van der Waals surface area contributed by atoms with Crippen LogP contribution in [0.3, 0.4) is 0 Å². The number of aliphatic carboxylic acids is 2. The molecule has 0 aromatic carbocycles. The maximum absolute atomic E-state index is 13.6. The van der Waals surface area contributed by atoms with Crippen molar-refractivity contribution < 1.29 is 72.6 Å². The zero-order valence-electron chi connectivity index (χ0n) is 29.2. The lowest BCUT2D eigenvalue weighted by Gasteiger charge is -2.55. The highest BCUT2D eigenvalue weighted by molar-refractivity contribution is 8.00. The van der Waals surface area contributed by atoms with Gasteiger partial charge in [-0.25, -0.2) is 13.2 Å². The number of aliphatic hydroxyl groups is 4. The van der Waals surface area contributed by atoms with Crippen molar-refractivity contribution in [3.63, 3.8) is 0 Å². The fourth-order valence-corrected chi connectivity index (χ4v) is 11.0. The van der Waals surface area contributed by atoms with E-state index in [0.717, 1.165) is 50.3 Å². The van der Waals surface area contributed by atoms with Crippen LogP contribution in [-0.4, -0.2) is 153 Å². The third-order valence-corrected chi connectivity index (χ3v) is 13.4. The Hall–Kier alpha value is -3.08. The second-order valence-electron chi connectivity index (χ2n) is 14.8. The van der Waals surface area contributed by atoms with Crippen LogP contribution in [0.2, 0.25) is 0 Å². The van der Waals surface area contributed by atoms with Gasteiger partial charge < -0.3 is 56.6 Å². The molecule has 5 fully saturated rings. The summed E-state index contributed by atoms with van der Waals surface area (Å²) < 4.78 is 30.0. The van der Waals surface area contributed by atoms with E-state index in [2.05, 4.69) is 21.3 Å². The Kier molecular flexibility index (Phi) is 14.5. The minimum Gasteiger partial charge on any atom is -0.481 e. The highest BCUT2D eigenvalue weighted by atomic mass is 32.2. The Labute approximate surface area is 310 Å². The van der Waals surface area contributed by atoms with Gasteiger partial charge in [0.1, 0.15) is 48.2 Å². The summed E-state index contributed by atoms with van der Waals surface area (Å²) >= 11 is 0.841. The molecule has 5 unspecified atom stereocenters. The number of sulfone groups is 1. The van der Waals surface area contributed by atoms with Gasteiger partial charge in [-0.2, -0.15) is 11.8 Å². The van der Waals surface area contributed by atoms with Crippen molar-refractivity contribution in [3.8, 4) is 0 Å². The minimum atomic E-state index is -4.09. The lowest BCUT2D eigenvalue weighted by Crippen LogP contribution is -2.64. The van der Waals surface area contributed by atoms with Crippen molar-refractivity contribution >= 4 is 57.2 Å². The number of hydrogen-bond acceptors (Lipinski definition) is 14. The van der Waals surface area contributed by atoms with Crippen molar-refractivity contribution in [1.29, 1.82) is 0 Å². The molecule has 5 aliphatic rings. The number of carbonyl (C=O) groups is 6. The number of nitrogens with one attached hydrogen (secondary N) is 4. The summed E-state index contributed by atoms with van der Waals surface area (Å²) in [6.45, 7) is 0.554. The van der Waals surface area contributed by atoms with Crippen LogP contribution in [0, 0.1) is 23.2 Å². The van der Waals surface area contributed by atoms with Gasteiger partial charge in [0.25, 0.3) is 0 Å². The van der Waals surface area contributed by atoms with E-state index in [1.165, 1.54) is 6.92 Å². The second kappa shape index (κ2) is 18.0. The Morgan fingerprint density at radius 1 is 0.868 bits per heavy atom. The molecule has 4 amide bonds. The number of hydrogen-bond donors (Lipinski definition) is 10. The zero-order valence-corrected chi connectivity index (χ0v) is 30.9. The molecule has 8 atom stereocenters. The summed E-state index contributed by atoms with van der Waals surface area (Å²) in [5, 5.41) is 67.7. The first-order chi connectivity index (χ1) is 24.8. The zero-order chi connectivity index (χ0) is 39.2. The molecule has 0 radical (unpaired) electrons. The molecule has 1 heterocycles. The van der Waals surface area contributed by atoms with Crippen LogP contribution in [0.5, 0.6) is 0 Å². The molecule has 1 aliphatic heterocycles. The first-order valence-electron chi connectivity index (χ1n) is 17.6. The Bertz CT molecular complexity index is 1460. The van der Waals surface area contributed by atoms with Crippen LogP contribution < -0.4 is 21.3 Å². The van der Waals surface area contributed by atoms with Crippen LogP contribution in [0.4, 0.5) is 0 Å². The predicted molar refractivity (Wildman–Crippen MR) is 184 cm³/mol. The molecule has 5 rings (SSSR count). The molecular formula is C32H50N4O15S2. The fraction of sp³-hybridized carbons (Fsp3) is 0.812. The van der Waals surface area contributed by atoms with Crippen molar-refractivity contribution in [3.05, 3.63) is 0 Å². The molecule has 10 N–H and O–H groups in total. The van der Waals surface area contributed by atoms with E-state index in [0.29, 0.717) is 17.8 Å². The Morgan fingerprint density at radius 3 is 2.02 bits per heavy atom. The number of amides is 4. The first kappa shape index (κ1) is 42.7. The summed E-state index contributed by atoms with van der Waals surface area (Å²) in [5.74, 6) is -6.55. The van der Waals surface area contributed by atoms with Gasteiger partial charge in [0.2, 0.25) is 23.6 Å². The number of carbonyl (C=O) groups excluding carboxylic acids is 4. The smallest absolute Gasteiger partial charge is 0.327 e. The first-order valence-corrected chi connectivity index (χ1v) is 20.5. The highest BCUT2D eigenvalue weighted by Crippen LogP contribution is 2.60. The van der Waals surface area contributed by atoms with Gasteiger partial charge in [0.15, 0.2) is 16.1 Å². The van der Waals surface area contributed by atoms with Crippen molar-refractivity contribution in [1.82, 2.24) is 21.3 Å². The summed E-state index contributed by atoms with van der Waals surface area (Å²) in [7, 11) is -4.09. The maximum Gasteiger partial charge on any atom is 0.327 e. The van der Waals surface area contributed by atoms with E-state index in [-0.39, 0.29) is 23.8 Å². The molecule has 0 aromatic heterocycles. The number of thioether (sulfide) groups is 1. The number of ether oxygens (including phenoxy) is 1. The summed E-state index contributed by atoms with van der Waals surface area (Å²) in [6, 6.07) is -5.63. The third kappa shape index (κ3) is 11.2. The molecule has 300 valence electrons. The number of rotatable bonds is 19. The molecule has 21 heteroatoms. The Morgan fingerprint density at radius 2 is 1.47 bits per heavy atom. The fourth-order valence-electron chi connectivity index (χ4n) is 8.23. The lowest BCUT2D eigenvalue weighted by atomic mass is 9.49. The minimum absolute atomic E-state index is 0.190. The van der Waals surface area contributed by atoms with Crippen molar-refractivity contribution in [2.24, 2.45) is 23.2 Å². The predicted octanol–water partition coefficient (Wildman–Crippen LogP) is -3.31. The average Bonchev–Trinajstić information content (AvgIpc) is 3.06. The summed E-state index contributed by atoms with van der Waals surface area (Å²) in [6.07, 6.45) is -1.83. The number of carboxylic acids is 2. The molecule has 4 bridgehead atoms. The third-order valence-electron chi connectivity index (χ3n) is 10.6. The van der Waals surface area contributed by atoms with E-state index < -0.39 is 118 Å². The molecular weight excluding hydrogens is 744 g/mol. The van der Waals surface area contributed by atoms with E-state index in [1.807, 2.05) is 0 Å². The molecule has 4 aliphatic carbocycles. The number of carboxylic acid groups (broad SMARTS) is 2. The second-order valence-corrected chi connectivity index (χ2v) is 18.1. The van der Waals surface area contributed by atoms with Crippen molar-refractivity contribution in [2.45, 2.75) is 107 Å². The van der Waals surface area contributed by atoms with Crippen LogP contribution in [-0.2, 0) is 43.3 Å². The van der Waals surface area contributed by atoms with E-state index in [9.17, 15) is 62.7 Å². The van der Waals surface area contributed by atoms with Gasteiger partial charge in [0.05, 0.1) is 12.4 Å². The highest BCUT2D eigenvalue weighted by Gasteiger charge is 2.55.